The van der Waals surface area contributed by atoms with Crippen LogP contribution in [-0.2, 0) is 30.5 Å². The number of carbonyl (C=O) groups is 1. The van der Waals surface area contributed by atoms with Gasteiger partial charge in [0.2, 0.25) is 0 Å². The Morgan fingerprint density at radius 2 is 1.25 bits per heavy atom. The van der Waals surface area contributed by atoms with Gasteiger partial charge in [0.05, 0.1) is 23.0 Å². The SMILES string of the molecule is C=CCOOCCCCCCOC#Cc1cc2cc3sc(-c4sc(-c5cc6cc7sc(C#CC(O)CCCCCOC(=O)C=C)cc7cc6s5)cc4CCCCCC)cc3cc2s1. The highest BCUT2D eigenvalue weighted by atomic mass is 32.1. The number of ether oxygens (including phenoxy) is 2. The molecule has 0 saturated heterocycles. The van der Waals surface area contributed by atoms with Crippen LogP contribution in [-0.4, -0.2) is 43.6 Å². The van der Waals surface area contributed by atoms with Crippen molar-refractivity contribution >= 4 is 103 Å². The Hall–Kier alpha value is -4.27. The van der Waals surface area contributed by atoms with E-state index < -0.39 is 12.1 Å². The van der Waals surface area contributed by atoms with Gasteiger partial charge in [0.25, 0.3) is 0 Å². The van der Waals surface area contributed by atoms with Crippen molar-refractivity contribution in [2.45, 2.75) is 96.5 Å². The first-order chi connectivity index (χ1) is 30.9. The number of aliphatic hydroxyl groups excluding tert-OH is 1. The summed E-state index contributed by atoms with van der Waals surface area (Å²) in [6.07, 6.45) is 18.3. The zero-order valence-corrected chi connectivity index (χ0v) is 40.0. The first-order valence-electron chi connectivity index (χ1n) is 22.0. The lowest BCUT2D eigenvalue weighted by molar-refractivity contribution is -0.286. The zero-order valence-electron chi connectivity index (χ0n) is 35.9. The number of esters is 1. The van der Waals surface area contributed by atoms with Gasteiger partial charge in [0.1, 0.15) is 25.4 Å². The van der Waals surface area contributed by atoms with Crippen molar-refractivity contribution in [2.75, 3.05) is 26.4 Å². The largest absolute Gasteiger partial charge is 0.463 e. The summed E-state index contributed by atoms with van der Waals surface area (Å²) in [6, 6.07) is 20.8. The molecule has 0 aliphatic rings. The lowest BCUT2D eigenvalue weighted by Gasteiger charge is -2.03. The Kier molecular flexibility index (Phi) is 17.9. The molecule has 11 heteroatoms. The fraction of sp³-hybridized carbons (Fsp3) is 0.365. The normalized spacial score (nSPS) is 11.8. The summed E-state index contributed by atoms with van der Waals surface area (Å²) in [7, 11) is 0. The lowest BCUT2D eigenvalue weighted by Crippen LogP contribution is -2.04. The van der Waals surface area contributed by atoms with Gasteiger partial charge in [-0.3, -0.25) is 0 Å². The van der Waals surface area contributed by atoms with E-state index in [-0.39, 0.29) is 0 Å². The number of rotatable bonds is 24. The second-order valence-electron chi connectivity index (χ2n) is 15.5. The lowest BCUT2D eigenvalue weighted by atomic mass is 10.1. The van der Waals surface area contributed by atoms with Crippen molar-refractivity contribution in [2.24, 2.45) is 0 Å². The van der Waals surface area contributed by atoms with Crippen molar-refractivity contribution < 1.29 is 29.1 Å². The number of benzene rings is 2. The molecule has 1 unspecified atom stereocenters. The average Bonchev–Trinajstić information content (AvgIpc) is 4.13. The molecule has 6 nitrogen and oxygen atoms in total. The van der Waals surface area contributed by atoms with Crippen LogP contribution < -0.4 is 0 Å². The van der Waals surface area contributed by atoms with Crippen molar-refractivity contribution in [3.05, 3.63) is 95.2 Å². The van der Waals surface area contributed by atoms with Crippen LogP contribution in [0, 0.1) is 23.9 Å². The van der Waals surface area contributed by atoms with Crippen LogP contribution in [0.4, 0.5) is 0 Å². The molecule has 1 N–H and O–H groups in total. The molecule has 63 heavy (non-hydrogen) atoms. The first-order valence-corrected chi connectivity index (χ1v) is 26.0. The van der Waals surface area contributed by atoms with Gasteiger partial charge in [0, 0.05) is 44.4 Å². The van der Waals surface area contributed by atoms with Gasteiger partial charge < -0.3 is 14.6 Å². The van der Waals surface area contributed by atoms with Crippen LogP contribution in [0.25, 0.3) is 59.9 Å². The van der Waals surface area contributed by atoms with E-state index in [0.29, 0.717) is 32.8 Å². The van der Waals surface area contributed by atoms with Crippen molar-refractivity contribution in [3.8, 4) is 43.4 Å². The minimum absolute atomic E-state index is 0.373. The standard InChI is InChI=1S/C52H54O6S5/c1-4-7-8-12-17-36-29-49(48-34-39-32-44-37(30-46(39)61-48)27-42(59-44)20-19-41(53)18-13-11-15-24-56-51(54)6-3)63-52(36)50-35-40-33-45-38(31-47(40)62-50)28-43(60-45)21-26-55-23-14-9-10-16-25-58-57-22-5-2/h5-6,27-35,41,53H,2-4,7-18,22-25H2,1H3. The Balaban J connectivity index is 0.998. The van der Waals surface area contributed by atoms with Crippen molar-refractivity contribution in [3.63, 3.8) is 0 Å². The monoisotopic (exact) mass is 934 g/mol. The molecule has 0 saturated carbocycles. The topological polar surface area (TPSA) is 74.2 Å². The third kappa shape index (κ3) is 13.4. The Bertz CT molecular complexity index is 2650. The van der Waals surface area contributed by atoms with E-state index in [1.54, 1.807) is 28.7 Å². The molecule has 5 aromatic heterocycles. The van der Waals surface area contributed by atoms with E-state index in [2.05, 4.69) is 98.5 Å². The van der Waals surface area contributed by atoms with E-state index in [1.807, 2.05) is 34.0 Å². The van der Waals surface area contributed by atoms with Crippen LogP contribution in [0.1, 0.15) is 99.3 Å². The minimum Gasteiger partial charge on any atom is -0.463 e. The second kappa shape index (κ2) is 24.1. The molecule has 2 aromatic carbocycles. The number of hydrogen-bond acceptors (Lipinski definition) is 11. The van der Waals surface area contributed by atoms with Crippen LogP contribution in [0.5, 0.6) is 0 Å². The van der Waals surface area contributed by atoms with Crippen molar-refractivity contribution in [1.82, 2.24) is 0 Å². The molecule has 0 aliphatic heterocycles. The summed E-state index contributed by atoms with van der Waals surface area (Å²) >= 11 is 9.10. The maximum absolute atomic E-state index is 11.2. The molecule has 328 valence electrons. The molecule has 0 radical (unpaired) electrons. The highest BCUT2D eigenvalue weighted by molar-refractivity contribution is 7.30. The Morgan fingerprint density at radius 3 is 1.97 bits per heavy atom. The number of aliphatic hydroxyl groups is 1. The quantitative estimate of drug-likeness (QED) is 0.0124. The molecule has 1 atom stereocenters. The van der Waals surface area contributed by atoms with Crippen molar-refractivity contribution in [1.29, 1.82) is 0 Å². The van der Waals surface area contributed by atoms with Crippen LogP contribution in [0.15, 0.2) is 79.9 Å². The number of fused-ring (bicyclic) bond motifs is 4. The predicted octanol–water partition coefficient (Wildman–Crippen LogP) is 15.1. The number of hydrogen-bond donors (Lipinski definition) is 1. The van der Waals surface area contributed by atoms with E-state index in [4.69, 9.17) is 19.2 Å². The highest BCUT2D eigenvalue weighted by Gasteiger charge is 2.18. The fourth-order valence-corrected chi connectivity index (χ4v) is 12.7. The highest BCUT2D eigenvalue weighted by Crippen LogP contribution is 2.47. The fourth-order valence-electron chi connectivity index (χ4n) is 7.24. The van der Waals surface area contributed by atoms with Gasteiger partial charge in [0.15, 0.2) is 0 Å². The molecule has 0 bridgehead atoms. The number of unbranched alkanes of at least 4 members (excludes halogenated alkanes) is 8. The molecule has 0 fully saturated rings. The smallest absolute Gasteiger partial charge is 0.330 e. The molecular formula is C52H54O6S5. The number of aryl methyl sites for hydroxylation is 1. The summed E-state index contributed by atoms with van der Waals surface area (Å²) in [5.41, 5.74) is 1.46. The third-order valence-corrected chi connectivity index (χ3v) is 16.3. The summed E-state index contributed by atoms with van der Waals surface area (Å²) in [5, 5.41) is 15.4. The molecular weight excluding hydrogens is 881 g/mol. The van der Waals surface area contributed by atoms with Gasteiger partial charge >= 0.3 is 5.97 Å². The average molecular weight is 935 g/mol. The minimum atomic E-state index is -0.680. The maximum Gasteiger partial charge on any atom is 0.330 e. The van der Waals surface area contributed by atoms with Gasteiger partial charge in [-0.25, -0.2) is 14.6 Å². The van der Waals surface area contributed by atoms with E-state index >= 15 is 0 Å². The molecule has 0 spiro atoms. The summed E-state index contributed by atoms with van der Waals surface area (Å²) in [5.74, 6) is 9.07. The van der Waals surface area contributed by atoms with Crippen LogP contribution in [0.3, 0.4) is 0 Å². The molecule has 7 aromatic rings. The molecule has 5 heterocycles. The summed E-state index contributed by atoms with van der Waals surface area (Å²) < 4.78 is 15.7. The van der Waals surface area contributed by atoms with Gasteiger partial charge in [-0.05, 0) is 145 Å². The zero-order chi connectivity index (χ0) is 43.8. The van der Waals surface area contributed by atoms with Gasteiger partial charge in [-0.2, -0.15) is 0 Å². The van der Waals surface area contributed by atoms with E-state index in [1.165, 1.54) is 97.2 Å². The maximum atomic E-state index is 11.2. The van der Waals surface area contributed by atoms with E-state index in [9.17, 15) is 9.90 Å². The third-order valence-electron chi connectivity index (χ3n) is 10.5. The first kappa shape index (κ1) is 46.7. The van der Waals surface area contributed by atoms with Crippen LogP contribution in [0.2, 0.25) is 0 Å². The summed E-state index contributed by atoms with van der Waals surface area (Å²) in [6.45, 7) is 11.3. The Morgan fingerprint density at radius 1 is 0.651 bits per heavy atom. The summed E-state index contributed by atoms with van der Waals surface area (Å²) in [4.78, 5) is 28.6. The van der Waals surface area contributed by atoms with E-state index in [0.717, 1.165) is 61.1 Å². The van der Waals surface area contributed by atoms with Gasteiger partial charge in [-0.15, -0.1) is 63.3 Å². The number of thiophene rings is 5. The van der Waals surface area contributed by atoms with Gasteiger partial charge in [-0.1, -0.05) is 57.1 Å². The van der Waals surface area contributed by atoms with Crippen LogP contribution >= 0.6 is 56.7 Å². The molecule has 0 aliphatic carbocycles. The predicted molar refractivity (Wildman–Crippen MR) is 270 cm³/mol. The Labute approximate surface area is 391 Å². The molecule has 0 amide bonds. The molecule has 7 rings (SSSR count). The number of carbonyl (C=O) groups excluding carboxylic acids is 1. The second-order valence-corrected chi connectivity index (χ2v) is 20.9.